The first-order chi connectivity index (χ1) is 18.0. The molecule has 5 rings (SSSR count). The average molecular weight is 516 g/mol. The molecule has 0 spiro atoms. The van der Waals surface area contributed by atoms with Crippen molar-refractivity contribution in [3.05, 3.63) is 102 Å². The summed E-state index contributed by atoms with van der Waals surface area (Å²) >= 11 is 5.84. The molecule has 37 heavy (non-hydrogen) atoms. The van der Waals surface area contributed by atoms with Crippen molar-refractivity contribution in [1.82, 2.24) is 14.9 Å². The second-order valence-corrected chi connectivity index (χ2v) is 8.95. The third-order valence-corrected chi connectivity index (χ3v) is 6.64. The molecule has 1 amide bonds. The Hall–Kier alpha value is -4.24. The number of hydrogen-bond acceptors (Lipinski definition) is 4. The molecule has 0 saturated carbocycles. The number of ether oxygens (including phenoxy) is 1. The van der Waals surface area contributed by atoms with Crippen LogP contribution in [0.5, 0.6) is 5.75 Å². The summed E-state index contributed by atoms with van der Waals surface area (Å²) in [6.07, 6.45) is 4.01. The fourth-order valence-corrected chi connectivity index (χ4v) is 4.95. The Bertz CT molecular complexity index is 1440. The molecule has 1 saturated heterocycles. The quantitative estimate of drug-likeness (QED) is 0.315. The van der Waals surface area contributed by atoms with Gasteiger partial charge in [-0.15, -0.1) is 0 Å². The molecule has 3 heterocycles. The van der Waals surface area contributed by atoms with E-state index < -0.39 is 0 Å². The average Bonchev–Trinajstić information content (AvgIpc) is 3.53. The van der Waals surface area contributed by atoms with Gasteiger partial charge in [0.1, 0.15) is 17.6 Å². The highest BCUT2D eigenvalue weighted by molar-refractivity contribution is 7.80. The zero-order valence-electron chi connectivity index (χ0n) is 20.4. The molecular weight excluding hydrogens is 489 g/mol. The summed E-state index contributed by atoms with van der Waals surface area (Å²) in [6.45, 7) is 1.79. The van der Waals surface area contributed by atoms with E-state index in [0.29, 0.717) is 28.7 Å². The van der Waals surface area contributed by atoms with Crippen LogP contribution < -0.4 is 20.3 Å². The number of benzene rings is 2. The lowest BCUT2D eigenvalue weighted by atomic mass is 10.0. The van der Waals surface area contributed by atoms with Gasteiger partial charge in [0.2, 0.25) is 5.91 Å². The Morgan fingerprint density at radius 2 is 1.97 bits per heavy atom. The topological polar surface area (TPSA) is 71.4 Å². The summed E-state index contributed by atoms with van der Waals surface area (Å²) in [5.41, 5.74) is 3.78. The van der Waals surface area contributed by atoms with Gasteiger partial charge in [-0.1, -0.05) is 19.1 Å². The van der Waals surface area contributed by atoms with Crippen molar-refractivity contribution in [2.24, 2.45) is 0 Å². The van der Waals surface area contributed by atoms with Crippen LogP contribution in [0.1, 0.15) is 36.8 Å². The molecule has 1 fully saturated rings. The van der Waals surface area contributed by atoms with Crippen molar-refractivity contribution < 1.29 is 13.9 Å². The lowest BCUT2D eigenvalue weighted by molar-refractivity contribution is -0.115. The minimum absolute atomic E-state index is 0.106. The van der Waals surface area contributed by atoms with Gasteiger partial charge in [-0.05, 0) is 66.8 Å². The fourth-order valence-electron chi connectivity index (χ4n) is 4.60. The maximum Gasteiger partial charge on any atom is 0.224 e. The molecule has 0 bridgehead atoms. The highest BCUT2D eigenvalue weighted by Crippen LogP contribution is 2.43. The third kappa shape index (κ3) is 4.77. The van der Waals surface area contributed by atoms with Crippen LogP contribution in [-0.2, 0) is 4.79 Å². The number of pyridine rings is 1. The van der Waals surface area contributed by atoms with Gasteiger partial charge in [0.15, 0.2) is 5.11 Å². The number of carbonyl (C=O) groups excluding carboxylic acids is 1. The van der Waals surface area contributed by atoms with Crippen molar-refractivity contribution in [3.8, 4) is 11.4 Å². The van der Waals surface area contributed by atoms with Crippen LogP contribution in [0.4, 0.5) is 15.8 Å². The fraction of sp³-hybridized carbons (Fsp3) is 0.179. The summed E-state index contributed by atoms with van der Waals surface area (Å²) < 4.78 is 21.7. The summed E-state index contributed by atoms with van der Waals surface area (Å²) in [5.74, 6) is 0.0953. The highest BCUT2D eigenvalue weighted by Gasteiger charge is 2.42. The lowest BCUT2D eigenvalue weighted by Gasteiger charge is -2.29. The molecule has 2 aromatic heterocycles. The number of nitrogens with one attached hydrogen (secondary N) is 2. The van der Waals surface area contributed by atoms with E-state index >= 15 is 0 Å². The van der Waals surface area contributed by atoms with Gasteiger partial charge in [0, 0.05) is 41.9 Å². The summed E-state index contributed by atoms with van der Waals surface area (Å²) in [6, 6.07) is 21.1. The van der Waals surface area contributed by atoms with E-state index in [-0.39, 0.29) is 23.8 Å². The molecule has 2 N–H and O–H groups in total. The Labute approximate surface area is 219 Å². The van der Waals surface area contributed by atoms with Crippen LogP contribution in [0.3, 0.4) is 0 Å². The highest BCUT2D eigenvalue weighted by atomic mass is 32.1. The van der Waals surface area contributed by atoms with Gasteiger partial charge in [0.25, 0.3) is 0 Å². The normalized spacial score (nSPS) is 16.9. The van der Waals surface area contributed by atoms with Gasteiger partial charge in [-0.3, -0.25) is 9.78 Å². The Morgan fingerprint density at radius 1 is 1.11 bits per heavy atom. The molecule has 0 radical (unpaired) electrons. The minimum Gasteiger partial charge on any atom is -0.494 e. The van der Waals surface area contributed by atoms with E-state index in [1.54, 1.807) is 32.4 Å². The second-order valence-electron chi connectivity index (χ2n) is 8.57. The first-order valence-corrected chi connectivity index (χ1v) is 12.3. The standard InChI is InChI=1S/C28H26FN5O2S/c1-3-25(35)31-21-13-12-20(17-24(21)36-2)34-27(26(32-28(34)37)22-10-4-5-14-30-22)23-11-7-15-33(23)19-9-6-8-18(29)16-19/h4-17,26-27H,3H2,1-2H3,(H,31,35)(H,32,37). The van der Waals surface area contributed by atoms with E-state index in [0.717, 1.165) is 17.1 Å². The zero-order chi connectivity index (χ0) is 25.9. The van der Waals surface area contributed by atoms with Crippen LogP contribution in [0.15, 0.2) is 85.2 Å². The molecule has 2 unspecified atom stereocenters. The van der Waals surface area contributed by atoms with Crippen molar-refractivity contribution in [2.45, 2.75) is 25.4 Å². The molecular formula is C28H26FN5O2S. The summed E-state index contributed by atoms with van der Waals surface area (Å²) in [5, 5.41) is 6.82. The number of halogens is 1. The number of anilines is 2. The van der Waals surface area contributed by atoms with E-state index in [4.69, 9.17) is 17.0 Å². The number of carbonyl (C=O) groups is 1. The molecule has 1 aliphatic rings. The molecule has 4 aromatic rings. The number of methoxy groups -OCH3 is 1. The van der Waals surface area contributed by atoms with Gasteiger partial charge < -0.3 is 24.8 Å². The Morgan fingerprint density at radius 3 is 2.70 bits per heavy atom. The number of amides is 1. The minimum atomic E-state index is -0.318. The van der Waals surface area contributed by atoms with Crippen molar-refractivity contribution >= 4 is 34.6 Å². The van der Waals surface area contributed by atoms with E-state index in [9.17, 15) is 9.18 Å². The summed E-state index contributed by atoms with van der Waals surface area (Å²) in [4.78, 5) is 18.6. The number of nitrogens with zero attached hydrogens (tertiary/aromatic N) is 3. The molecule has 2 atom stereocenters. The van der Waals surface area contributed by atoms with Crippen molar-refractivity contribution in [3.63, 3.8) is 0 Å². The molecule has 7 nitrogen and oxygen atoms in total. The third-order valence-electron chi connectivity index (χ3n) is 6.33. The van der Waals surface area contributed by atoms with Crippen LogP contribution in [-0.4, -0.2) is 27.7 Å². The van der Waals surface area contributed by atoms with E-state index in [2.05, 4.69) is 15.6 Å². The van der Waals surface area contributed by atoms with Crippen molar-refractivity contribution in [2.75, 3.05) is 17.3 Å². The van der Waals surface area contributed by atoms with E-state index in [1.807, 2.05) is 64.2 Å². The zero-order valence-corrected chi connectivity index (χ0v) is 21.2. The monoisotopic (exact) mass is 515 g/mol. The smallest absolute Gasteiger partial charge is 0.224 e. The summed E-state index contributed by atoms with van der Waals surface area (Å²) in [7, 11) is 1.56. The van der Waals surface area contributed by atoms with Gasteiger partial charge in [0.05, 0.1) is 24.5 Å². The van der Waals surface area contributed by atoms with Gasteiger partial charge >= 0.3 is 0 Å². The number of thiocarbonyl (C=S) groups is 1. The first-order valence-electron chi connectivity index (χ1n) is 11.9. The van der Waals surface area contributed by atoms with Crippen LogP contribution >= 0.6 is 12.2 Å². The van der Waals surface area contributed by atoms with Crippen LogP contribution in [0.25, 0.3) is 5.69 Å². The molecule has 2 aromatic carbocycles. The van der Waals surface area contributed by atoms with Crippen molar-refractivity contribution in [1.29, 1.82) is 0 Å². The van der Waals surface area contributed by atoms with Gasteiger partial charge in [-0.2, -0.15) is 0 Å². The Balaban J connectivity index is 1.63. The molecule has 188 valence electrons. The van der Waals surface area contributed by atoms with Gasteiger partial charge in [-0.25, -0.2) is 4.39 Å². The number of aromatic nitrogens is 2. The second kappa shape index (κ2) is 10.4. The maximum absolute atomic E-state index is 14.1. The van der Waals surface area contributed by atoms with Crippen LogP contribution in [0, 0.1) is 5.82 Å². The number of rotatable bonds is 7. The number of hydrogen-bond donors (Lipinski definition) is 2. The molecule has 0 aliphatic carbocycles. The largest absolute Gasteiger partial charge is 0.494 e. The first kappa shape index (κ1) is 24.5. The maximum atomic E-state index is 14.1. The predicted octanol–water partition coefficient (Wildman–Crippen LogP) is 5.55. The molecule has 1 aliphatic heterocycles. The van der Waals surface area contributed by atoms with E-state index in [1.165, 1.54) is 12.1 Å². The van der Waals surface area contributed by atoms with Crippen LogP contribution in [0.2, 0.25) is 0 Å². The predicted molar refractivity (Wildman–Crippen MR) is 146 cm³/mol. The SMILES string of the molecule is CCC(=O)Nc1ccc(N2C(=S)NC(c3ccccn3)C2c2cccn2-c2cccc(F)c2)cc1OC. The molecule has 9 heteroatoms. The Kier molecular flexibility index (Phi) is 6.87. The lowest BCUT2D eigenvalue weighted by Crippen LogP contribution is -2.30.